The molecule has 2 rings (SSSR count). The molecule has 0 aromatic carbocycles. The monoisotopic (exact) mass is 217 g/mol. The van der Waals surface area contributed by atoms with Crippen LogP contribution in [-0.4, -0.2) is 30.5 Å². The van der Waals surface area contributed by atoms with E-state index in [1.807, 2.05) is 4.90 Å². The van der Waals surface area contributed by atoms with Crippen LogP contribution in [0.15, 0.2) is 0 Å². The molecule has 0 unspecified atom stereocenters. The van der Waals surface area contributed by atoms with Crippen molar-refractivity contribution in [2.75, 3.05) is 19.6 Å². The molecular weight excluding hydrogens is 196 g/mol. The van der Waals surface area contributed by atoms with Crippen molar-refractivity contribution < 1.29 is 8.78 Å². The summed E-state index contributed by atoms with van der Waals surface area (Å²) in [6.07, 6.45) is 3.75. The van der Waals surface area contributed by atoms with Crippen LogP contribution in [0.3, 0.4) is 0 Å². The molecule has 0 N–H and O–H groups in total. The second-order valence-corrected chi connectivity index (χ2v) is 5.91. The molecule has 2 aliphatic rings. The van der Waals surface area contributed by atoms with Gasteiger partial charge < -0.3 is 0 Å². The van der Waals surface area contributed by atoms with Gasteiger partial charge in [0.25, 0.3) is 5.92 Å². The lowest BCUT2D eigenvalue weighted by molar-refractivity contribution is 0.0101. The molecule has 0 bridgehead atoms. The highest BCUT2D eigenvalue weighted by Gasteiger charge is 2.47. The van der Waals surface area contributed by atoms with E-state index in [0.717, 1.165) is 6.54 Å². The van der Waals surface area contributed by atoms with Gasteiger partial charge in [0.2, 0.25) is 0 Å². The van der Waals surface area contributed by atoms with Crippen LogP contribution in [0.25, 0.3) is 0 Å². The highest BCUT2D eigenvalue weighted by molar-refractivity contribution is 4.98. The summed E-state index contributed by atoms with van der Waals surface area (Å²) in [5.41, 5.74) is 0.397. The Balaban J connectivity index is 1.83. The second kappa shape index (κ2) is 3.69. The Labute approximate surface area is 90.8 Å². The summed E-state index contributed by atoms with van der Waals surface area (Å²) in [5, 5.41) is 0. The molecule has 1 saturated heterocycles. The lowest BCUT2D eigenvalue weighted by atomic mass is 9.94. The standard InChI is InChI=1S/C12H21F2N/c1-10(2)7-11(3-4-11)8-15-6-5-12(13,14)9-15/h10H,3-9H2,1-2H3. The minimum atomic E-state index is -2.42. The van der Waals surface area contributed by atoms with E-state index >= 15 is 0 Å². The number of alkyl halides is 2. The van der Waals surface area contributed by atoms with Crippen LogP contribution >= 0.6 is 0 Å². The highest BCUT2D eigenvalue weighted by Crippen LogP contribution is 2.51. The Morgan fingerprint density at radius 1 is 1.20 bits per heavy atom. The number of halogens is 2. The number of hydrogen-bond donors (Lipinski definition) is 0. The Hall–Kier alpha value is -0.180. The molecule has 1 aliphatic heterocycles. The summed E-state index contributed by atoms with van der Waals surface area (Å²) in [6.45, 7) is 5.93. The predicted molar refractivity (Wildman–Crippen MR) is 57.1 cm³/mol. The number of nitrogens with zero attached hydrogens (tertiary/aromatic N) is 1. The summed E-state index contributed by atoms with van der Waals surface area (Å²) >= 11 is 0. The largest absolute Gasteiger partial charge is 0.297 e. The molecule has 1 aliphatic carbocycles. The van der Waals surface area contributed by atoms with Gasteiger partial charge in [-0.1, -0.05) is 13.8 Å². The first-order valence-corrected chi connectivity index (χ1v) is 6.01. The Kier molecular flexibility index (Phi) is 2.78. The van der Waals surface area contributed by atoms with Crippen molar-refractivity contribution >= 4 is 0 Å². The Morgan fingerprint density at radius 2 is 1.87 bits per heavy atom. The predicted octanol–water partition coefficient (Wildman–Crippen LogP) is 3.15. The first-order chi connectivity index (χ1) is 6.91. The third-order valence-electron chi connectivity index (χ3n) is 3.61. The van der Waals surface area contributed by atoms with Crippen molar-refractivity contribution in [1.29, 1.82) is 0 Å². The maximum atomic E-state index is 13.0. The van der Waals surface area contributed by atoms with Gasteiger partial charge in [0, 0.05) is 19.5 Å². The molecule has 3 heteroatoms. The fourth-order valence-corrected chi connectivity index (χ4v) is 2.89. The van der Waals surface area contributed by atoms with Crippen molar-refractivity contribution in [3.05, 3.63) is 0 Å². The van der Waals surface area contributed by atoms with Crippen molar-refractivity contribution in [3.8, 4) is 0 Å². The highest BCUT2D eigenvalue weighted by atomic mass is 19.3. The molecule has 0 aromatic rings. The van der Waals surface area contributed by atoms with E-state index in [-0.39, 0.29) is 13.0 Å². The molecule has 0 spiro atoms. The van der Waals surface area contributed by atoms with Crippen LogP contribution in [0.1, 0.15) is 39.5 Å². The Bertz CT molecular complexity index is 234. The van der Waals surface area contributed by atoms with Crippen molar-refractivity contribution in [1.82, 2.24) is 4.90 Å². The van der Waals surface area contributed by atoms with Gasteiger partial charge in [-0.15, -0.1) is 0 Å². The van der Waals surface area contributed by atoms with Crippen molar-refractivity contribution in [2.24, 2.45) is 11.3 Å². The molecule has 15 heavy (non-hydrogen) atoms. The van der Waals surface area contributed by atoms with Gasteiger partial charge in [-0.05, 0) is 30.6 Å². The van der Waals surface area contributed by atoms with E-state index in [2.05, 4.69) is 13.8 Å². The van der Waals surface area contributed by atoms with Gasteiger partial charge in [0.1, 0.15) is 0 Å². The van der Waals surface area contributed by atoms with Crippen LogP contribution in [0, 0.1) is 11.3 Å². The molecular formula is C12H21F2N. The molecule has 0 atom stereocenters. The smallest absolute Gasteiger partial charge is 0.261 e. The average Bonchev–Trinajstić information content (AvgIpc) is 2.70. The molecule has 88 valence electrons. The quantitative estimate of drug-likeness (QED) is 0.699. The molecule has 1 saturated carbocycles. The third kappa shape index (κ3) is 2.90. The lowest BCUT2D eigenvalue weighted by Crippen LogP contribution is -2.31. The number of likely N-dealkylation sites (tertiary alicyclic amines) is 1. The summed E-state index contributed by atoms with van der Waals surface area (Å²) < 4.78 is 26.0. The fourth-order valence-electron chi connectivity index (χ4n) is 2.89. The SMILES string of the molecule is CC(C)CC1(CN2CCC(F)(F)C2)CC1. The summed E-state index contributed by atoms with van der Waals surface area (Å²) in [6, 6.07) is 0. The van der Waals surface area contributed by atoms with Crippen LogP contribution in [0.5, 0.6) is 0 Å². The van der Waals surface area contributed by atoms with E-state index in [1.54, 1.807) is 0 Å². The van der Waals surface area contributed by atoms with E-state index < -0.39 is 5.92 Å². The Morgan fingerprint density at radius 3 is 2.27 bits per heavy atom. The maximum Gasteiger partial charge on any atom is 0.261 e. The topological polar surface area (TPSA) is 3.24 Å². The summed E-state index contributed by atoms with van der Waals surface area (Å²) in [7, 11) is 0. The molecule has 1 heterocycles. The third-order valence-corrected chi connectivity index (χ3v) is 3.61. The molecule has 0 radical (unpaired) electrons. The zero-order valence-corrected chi connectivity index (χ0v) is 9.73. The van der Waals surface area contributed by atoms with Crippen molar-refractivity contribution in [2.45, 2.75) is 45.5 Å². The van der Waals surface area contributed by atoms with E-state index in [0.29, 0.717) is 17.9 Å². The van der Waals surface area contributed by atoms with Gasteiger partial charge in [0.05, 0.1) is 6.54 Å². The van der Waals surface area contributed by atoms with Crippen LogP contribution < -0.4 is 0 Å². The average molecular weight is 217 g/mol. The minimum Gasteiger partial charge on any atom is -0.297 e. The van der Waals surface area contributed by atoms with Crippen LogP contribution in [0.2, 0.25) is 0 Å². The summed E-state index contributed by atoms with van der Waals surface area (Å²) in [4.78, 5) is 1.97. The molecule has 0 amide bonds. The zero-order valence-electron chi connectivity index (χ0n) is 9.73. The number of rotatable bonds is 4. The maximum absolute atomic E-state index is 13.0. The molecule has 2 fully saturated rings. The van der Waals surface area contributed by atoms with Gasteiger partial charge >= 0.3 is 0 Å². The molecule has 1 nitrogen and oxygen atoms in total. The second-order valence-electron chi connectivity index (χ2n) is 5.91. The lowest BCUT2D eigenvalue weighted by Gasteiger charge is -2.24. The van der Waals surface area contributed by atoms with Gasteiger partial charge in [-0.2, -0.15) is 0 Å². The normalized spacial score (nSPS) is 28.6. The van der Waals surface area contributed by atoms with E-state index in [9.17, 15) is 8.78 Å². The fraction of sp³-hybridized carbons (Fsp3) is 1.00. The van der Waals surface area contributed by atoms with Gasteiger partial charge in [-0.25, -0.2) is 8.78 Å². The summed E-state index contributed by atoms with van der Waals surface area (Å²) in [5.74, 6) is -1.73. The van der Waals surface area contributed by atoms with Gasteiger partial charge in [-0.3, -0.25) is 4.90 Å². The van der Waals surface area contributed by atoms with Crippen LogP contribution in [-0.2, 0) is 0 Å². The molecule has 0 aromatic heterocycles. The first-order valence-electron chi connectivity index (χ1n) is 6.01. The zero-order chi connectivity index (χ0) is 11.1. The van der Waals surface area contributed by atoms with E-state index in [1.165, 1.54) is 19.3 Å². The van der Waals surface area contributed by atoms with Crippen molar-refractivity contribution in [3.63, 3.8) is 0 Å². The van der Waals surface area contributed by atoms with E-state index in [4.69, 9.17) is 0 Å². The van der Waals surface area contributed by atoms with Gasteiger partial charge in [0.15, 0.2) is 0 Å². The first kappa shape index (κ1) is 11.3. The minimum absolute atomic E-state index is 0.00710. The number of hydrogen-bond acceptors (Lipinski definition) is 1. The van der Waals surface area contributed by atoms with Crippen LogP contribution in [0.4, 0.5) is 8.78 Å².